The summed E-state index contributed by atoms with van der Waals surface area (Å²) in [5.74, 6) is 0.541. The Morgan fingerprint density at radius 2 is 1.88 bits per heavy atom. The van der Waals surface area contributed by atoms with Crippen molar-refractivity contribution in [1.29, 1.82) is 5.26 Å². The van der Waals surface area contributed by atoms with Crippen LogP contribution in [-0.2, 0) is 4.79 Å². The van der Waals surface area contributed by atoms with Crippen LogP contribution in [0.1, 0.15) is 11.1 Å². The van der Waals surface area contributed by atoms with Gasteiger partial charge in [0, 0.05) is 16.3 Å². The molecule has 1 heterocycles. The van der Waals surface area contributed by atoms with E-state index in [1.807, 2.05) is 47.9 Å². The minimum absolute atomic E-state index is 0.115. The highest BCUT2D eigenvalue weighted by Crippen LogP contribution is 2.29. The van der Waals surface area contributed by atoms with Gasteiger partial charge in [0.05, 0.1) is 17.0 Å². The van der Waals surface area contributed by atoms with Gasteiger partial charge in [0.1, 0.15) is 6.07 Å². The van der Waals surface area contributed by atoms with Crippen LogP contribution in [-0.4, -0.2) is 26.4 Å². The summed E-state index contributed by atoms with van der Waals surface area (Å²) in [6.45, 7) is 2.02. The molecule has 6 nitrogen and oxygen atoms in total. The third-order valence-electron chi connectivity index (χ3n) is 4.65. The van der Waals surface area contributed by atoms with E-state index in [0.29, 0.717) is 27.3 Å². The number of halogens is 1. The summed E-state index contributed by atoms with van der Waals surface area (Å²) in [5.41, 5.74) is 3.77. The molecule has 1 N–H and O–H groups in total. The van der Waals surface area contributed by atoms with E-state index in [1.54, 1.807) is 36.4 Å². The lowest BCUT2D eigenvalue weighted by Gasteiger charge is -2.11. The fraction of sp³-hybridized carbons (Fsp3) is 0.0833. The predicted octanol–water partition coefficient (Wildman–Crippen LogP) is 5.50. The van der Waals surface area contributed by atoms with E-state index in [1.165, 1.54) is 11.8 Å². The Balaban J connectivity index is 1.62. The number of carbonyl (C=O) groups excluding carboxylic acids is 1. The van der Waals surface area contributed by atoms with Gasteiger partial charge in [-0.05, 0) is 61.0 Å². The molecule has 158 valence electrons. The number of rotatable bonds is 6. The molecule has 3 aromatic carbocycles. The van der Waals surface area contributed by atoms with Crippen molar-refractivity contribution in [3.63, 3.8) is 0 Å². The first kappa shape index (κ1) is 21.6. The lowest BCUT2D eigenvalue weighted by atomic mass is 10.2. The summed E-state index contributed by atoms with van der Waals surface area (Å²) in [4.78, 5) is 12.6. The number of anilines is 1. The Kier molecular flexibility index (Phi) is 6.55. The standard InChI is InChI=1S/C24H18ClN5OS/c1-16-5-4-7-20(13-16)30-23(17-9-11-19(25)12-10-17)28-29-24(30)32-15-22(31)27-21-8-3-2-6-18(21)14-26/h2-13H,15H2,1H3,(H,27,31). The zero-order valence-electron chi connectivity index (χ0n) is 17.1. The van der Waals surface area contributed by atoms with Gasteiger partial charge in [-0.2, -0.15) is 5.26 Å². The highest BCUT2D eigenvalue weighted by molar-refractivity contribution is 7.99. The highest BCUT2D eigenvalue weighted by atomic mass is 35.5. The average Bonchev–Trinajstić information content (AvgIpc) is 3.22. The Labute approximate surface area is 194 Å². The first-order chi connectivity index (χ1) is 15.5. The van der Waals surface area contributed by atoms with E-state index in [-0.39, 0.29) is 11.7 Å². The van der Waals surface area contributed by atoms with Crippen LogP contribution in [0, 0.1) is 18.3 Å². The molecule has 0 atom stereocenters. The number of amides is 1. The van der Waals surface area contributed by atoms with Gasteiger partial charge < -0.3 is 5.32 Å². The number of nitrogens with one attached hydrogen (secondary N) is 1. The number of nitriles is 1. The number of hydrogen-bond donors (Lipinski definition) is 1. The second kappa shape index (κ2) is 9.69. The molecule has 4 aromatic rings. The maximum Gasteiger partial charge on any atom is 0.234 e. The van der Waals surface area contributed by atoms with Crippen molar-refractivity contribution < 1.29 is 4.79 Å². The molecule has 4 rings (SSSR count). The fourth-order valence-electron chi connectivity index (χ4n) is 3.16. The molecule has 0 radical (unpaired) electrons. The van der Waals surface area contributed by atoms with Gasteiger partial charge in [0.15, 0.2) is 11.0 Å². The van der Waals surface area contributed by atoms with Crippen LogP contribution >= 0.6 is 23.4 Å². The zero-order chi connectivity index (χ0) is 22.5. The molecule has 1 amide bonds. The van der Waals surface area contributed by atoms with Gasteiger partial charge >= 0.3 is 0 Å². The molecule has 0 bridgehead atoms. The third kappa shape index (κ3) is 4.83. The van der Waals surface area contributed by atoms with Crippen molar-refractivity contribution >= 4 is 35.0 Å². The molecule has 1 aromatic heterocycles. The van der Waals surface area contributed by atoms with Crippen LogP contribution in [0.25, 0.3) is 17.1 Å². The largest absolute Gasteiger partial charge is 0.324 e. The number of carbonyl (C=O) groups is 1. The molecule has 32 heavy (non-hydrogen) atoms. The summed E-state index contributed by atoms with van der Waals surface area (Å²) in [7, 11) is 0. The Hall–Kier alpha value is -3.60. The van der Waals surface area contributed by atoms with E-state index < -0.39 is 0 Å². The Bertz CT molecular complexity index is 1310. The quantitative estimate of drug-likeness (QED) is 0.385. The highest BCUT2D eigenvalue weighted by Gasteiger charge is 2.18. The van der Waals surface area contributed by atoms with Gasteiger partial charge in [-0.1, -0.05) is 47.6 Å². The minimum Gasteiger partial charge on any atom is -0.324 e. The van der Waals surface area contributed by atoms with Gasteiger partial charge in [-0.3, -0.25) is 9.36 Å². The van der Waals surface area contributed by atoms with Crippen LogP contribution < -0.4 is 5.32 Å². The molecule has 8 heteroatoms. The van der Waals surface area contributed by atoms with Gasteiger partial charge in [0.25, 0.3) is 0 Å². The van der Waals surface area contributed by atoms with E-state index in [4.69, 9.17) is 11.6 Å². The molecule has 0 saturated heterocycles. The van der Waals surface area contributed by atoms with Crippen molar-refractivity contribution in [2.24, 2.45) is 0 Å². The third-order valence-corrected chi connectivity index (χ3v) is 5.83. The van der Waals surface area contributed by atoms with Crippen molar-refractivity contribution in [3.05, 3.63) is 88.9 Å². The number of aryl methyl sites for hydroxylation is 1. The lowest BCUT2D eigenvalue weighted by Crippen LogP contribution is -2.15. The number of hydrogen-bond acceptors (Lipinski definition) is 5. The molecule has 0 fully saturated rings. The van der Waals surface area contributed by atoms with Crippen LogP contribution in [0.2, 0.25) is 5.02 Å². The normalized spacial score (nSPS) is 10.5. The summed E-state index contributed by atoms with van der Waals surface area (Å²) in [5, 5.41) is 22.0. The fourth-order valence-corrected chi connectivity index (χ4v) is 4.03. The minimum atomic E-state index is -0.232. The van der Waals surface area contributed by atoms with E-state index in [9.17, 15) is 10.1 Å². The van der Waals surface area contributed by atoms with Crippen molar-refractivity contribution in [3.8, 4) is 23.1 Å². The lowest BCUT2D eigenvalue weighted by molar-refractivity contribution is -0.113. The molecule has 0 unspecified atom stereocenters. The number of thioether (sulfide) groups is 1. The topological polar surface area (TPSA) is 83.6 Å². The van der Waals surface area contributed by atoms with Gasteiger partial charge in [0.2, 0.25) is 5.91 Å². The number of para-hydroxylation sites is 1. The van der Waals surface area contributed by atoms with E-state index in [0.717, 1.165) is 16.8 Å². The average molecular weight is 460 g/mol. The monoisotopic (exact) mass is 459 g/mol. The molecular weight excluding hydrogens is 442 g/mol. The van der Waals surface area contributed by atoms with Crippen molar-refractivity contribution in [1.82, 2.24) is 14.8 Å². The molecule has 0 spiro atoms. The first-order valence-electron chi connectivity index (χ1n) is 9.75. The van der Waals surface area contributed by atoms with Crippen LogP contribution in [0.5, 0.6) is 0 Å². The summed E-state index contributed by atoms with van der Waals surface area (Å²) < 4.78 is 1.93. The van der Waals surface area contributed by atoms with Crippen LogP contribution in [0.3, 0.4) is 0 Å². The molecule has 0 aliphatic heterocycles. The first-order valence-corrected chi connectivity index (χ1v) is 11.1. The van der Waals surface area contributed by atoms with Crippen LogP contribution in [0.15, 0.2) is 78.0 Å². The van der Waals surface area contributed by atoms with E-state index >= 15 is 0 Å². The molecule has 0 aliphatic rings. The smallest absolute Gasteiger partial charge is 0.234 e. The van der Waals surface area contributed by atoms with Gasteiger partial charge in [-0.25, -0.2) is 0 Å². The summed E-state index contributed by atoms with van der Waals surface area (Å²) in [6, 6.07) is 24.4. The van der Waals surface area contributed by atoms with Crippen molar-refractivity contribution in [2.75, 3.05) is 11.1 Å². The SMILES string of the molecule is Cc1cccc(-n2c(SCC(=O)Nc3ccccc3C#N)nnc2-c2ccc(Cl)cc2)c1. The second-order valence-corrected chi connectivity index (χ2v) is 8.36. The number of nitrogens with zero attached hydrogens (tertiary/aromatic N) is 4. The Morgan fingerprint density at radius 1 is 1.09 bits per heavy atom. The number of benzene rings is 3. The summed E-state index contributed by atoms with van der Waals surface area (Å²) in [6.07, 6.45) is 0. The van der Waals surface area contributed by atoms with Crippen LogP contribution in [0.4, 0.5) is 5.69 Å². The molecule has 0 aliphatic carbocycles. The maximum absolute atomic E-state index is 12.6. The molecule has 0 saturated carbocycles. The predicted molar refractivity (Wildman–Crippen MR) is 127 cm³/mol. The van der Waals surface area contributed by atoms with Crippen molar-refractivity contribution in [2.45, 2.75) is 12.1 Å². The van der Waals surface area contributed by atoms with E-state index in [2.05, 4.69) is 21.6 Å². The van der Waals surface area contributed by atoms with Gasteiger partial charge in [-0.15, -0.1) is 10.2 Å². The Morgan fingerprint density at radius 3 is 2.62 bits per heavy atom. The second-order valence-electron chi connectivity index (χ2n) is 6.98. The molecular formula is C24H18ClN5OS. The maximum atomic E-state index is 12.6. The number of aromatic nitrogens is 3. The zero-order valence-corrected chi connectivity index (χ0v) is 18.7. The summed E-state index contributed by atoms with van der Waals surface area (Å²) >= 11 is 7.32.